The summed E-state index contributed by atoms with van der Waals surface area (Å²) in [5.74, 6) is -0.573. The summed E-state index contributed by atoms with van der Waals surface area (Å²) in [4.78, 5) is 11.8. The van der Waals surface area contributed by atoms with E-state index in [4.69, 9.17) is 14.7 Å². The van der Waals surface area contributed by atoms with Gasteiger partial charge in [0.25, 0.3) is 0 Å². The van der Waals surface area contributed by atoms with E-state index in [-0.39, 0.29) is 23.8 Å². The molecular formula is C24H21FN2O5S. The second-order valence-electron chi connectivity index (χ2n) is 7.22. The van der Waals surface area contributed by atoms with Crippen molar-refractivity contribution in [1.82, 2.24) is 4.31 Å². The molecule has 0 fully saturated rings. The molecule has 0 atom stereocenters. The van der Waals surface area contributed by atoms with Crippen LogP contribution in [0, 0.1) is 24.1 Å². The normalized spacial score (nSPS) is 11.1. The highest BCUT2D eigenvalue weighted by Crippen LogP contribution is 2.21. The predicted molar refractivity (Wildman–Crippen MR) is 119 cm³/mol. The highest BCUT2D eigenvalue weighted by atomic mass is 32.2. The molecule has 0 bridgehead atoms. The van der Waals surface area contributed by atoms with Gasteiger partial charge in [0.2, 0.25) is 10.0 Å². The minimum Gasteiger partial charge on any atom is -0.482 e. The molecule has 0 heterocycles. The van der Waals surface area contributed by atoms with Gasteiger partial charge in [0.15, 0.2) is 6.61 Å². The summed E-state index contributed by atoms with van der Waals surface area (Å²) in [5, 5.41) is 8.88. The van der Waals surface area contributed by atoms with Gasteiger partial charge in [-0.05, 0) is 60.5 Å². The second kappa shape index (κ2) is 10.3. The third-order valence-electron chi connectivity index (χ3n) is 4.73. The van der Waals surface area contributed by atoms with E-state index in [1.807, 2.05) is 6.07 Å². The molecule has 7 nitrogen and oxygen atoms in total. The lowest BCUT2D eigenvalue weighted by molar-refractivity contribution is -0.136. The molecule has 0 aliphatic rings. The number of halogens is 1. The number of nitriles is 1. The number of aryl methyl sites for hydroxylation is 1. The molecule has 170 valence electrons. The standard InChI is InChI=1S/C24H21FN2O5S/c1-17-6-11-22(13-23(17)25)33(29,30)27(2)15-18-7-9-20(10-8-18)31-16-24(28)32-21-5-3-4-19(12-21)14-26/h3-13H,15-16H2,1-2H3. The van der Waals surface area contributed by atoms with Crippen LogP contribution in [-0.4, -0.2) is 32.3 Å². The first kappa shape index (κ1) is 23.9. The first-order valence-corrected chi connectivity index (χ1v) is 11.3. The van der Waals surface area contributed by atoms with Crippen LogP contribution in [0.3, 0.4) is 0 Å². The molecule has 0 amide bonds. The fourth-order valence-electron chi connectivity index (χ4n) is 2.88. The van der Waals surface area contributed by atoms with Crippen LogP contribution in [0.15, 0.2) is 71.6 Å². The van der Waals surface area contributed by atoms with E-state index in [0.29, 0.717) is 22.4 Å². The molecule has 33 heavy (non-hydrogen) atoms. The third kappa shape index (κ3) is 6.16. The number of benzene rings is 3. The highest BCUT2D eigenvalue weighted by molar-refractivity contribution is 7.89. The minimum absolute atomic E-state index is 0.0649. The molecule has 0 saturated heterocycles. The Morgan fingerprint density at radius 1 is 1.06 bits per heavy atom. The number of carbonyl (C=O) groups excluding carboxylic acids is 1. The lowest BCUT2D eigenvalue weighted by Gasteiger charge is -2.18. The van der Waals surface area contributed by atoms with Crippen molar-refractivity contribution in [2.45, 2.75) is 18.4 Å². The van der Waals surface area contributed by atoms with Crippen LogP contribution in [0.2, 0.25) is 0 Å². The molecule has 9 heteroatoms. The van der Waals surface area contributed by atoms with E-state index in [9.17, 15) is 17.6 Å². The van der Waals surface area contributed by atoms with Gasteiger partial charge in [0.1, 0.15) is 17.3 Å². The van der Waals surface area contributed by atoms with Crippen LogP contribution >= 0.6 is 0 Å². The summed E-state index contributed by atoms with van der Waals surface area (Å²) in [5.41, 5.74) is 1.42. The van der Waals surface area contributed by atoms with Crippen LogP contribution in [-0.2, 0) is 21.4 Å². The third-order valence-corrected chi connectivity index (χ3v) is 6.53. The average Bonchev–Trinajstić information content (AvgIpc) is 2.80. The van der Waals surface area contributed by atoms with E-state index in [1.165, 1.54) is 25.2 Å². The number of hydrogen-bond acceptors (Lipinski definition) is 6. The molecule has 0 N–H and O–H groups in total. The van der Waals surface area contributed by atoms with Crippen molar-refractivity contribution in [2.75, 3.05) is 13.7 Å². The first-order chi connectivity index (χ1) is 15.7. The van der Waals surface area contributed by atoms with Crippen molar-refractivity contribution in [3.63, 3.8) is 0 Å². The average molecular weight is 469 g/mol. The lowest BCUT2D eigenvalue weighted by Crippen LogP contribution is -2.26. The van der Waals surface area contributed by atoms with Crippen molar-refractivity contribution < 1.29 is 27.1 Å². The predicted octanol–water partition coefficient (Wildman–Crippen LogP) is 3.81. The van der Waals surface area contributed by atoms with E-state index in [1.54, 1.807) is 49.4 Å². The van der Waals surface area contributed by atoms with Gasteiger partial charge in [-0.3, -0.25) is 0 Å². The van der Waals surface area contributed by atoms with Gasteiger partial charge in [-0.1, -0.05) is 24.3 Å². The van der Waals surface area contributed by atoms with Crippen LogP contribution in [0.4, 0.5) is 4.39 Å². The topological polar surface area (TPSA) is 96.7 Å². The van der Waals surface area contributed by atoms with Crippen LogP contribution in [0.25, 0.3) is 0 Å². The van der Waals surface area contributed by atoms with E-state index < -0.39 is 21.8 Å². The van der Waals surface area contributed by atoms with Gasteiger partial charge in [0.05, 0.1) is 16.5 Å². The minimum atomic E-state index is -3.86. The summed E-state index contributed by atoms with van der Waals surface area (Å²) in [7, 11) is -2.45. The highest BCUT2D eigenvalue weighted by Gasteiger charge is 2.22. The Morgan fingerprint density at radius 2 is 1.79 bits per heavy atom. The van der Waals surface area contributed by atoms with Crippen molar-refractivity contribution in [1.29, 1.82) is 5.26 Å². The fourth-order valence-corrected chi connectivity index (χ4v) is 4.05. The molecule has 0 aliphatic heterocycles. The monoisotopic (exact) mass is 468 g/mol. The van der Waals surface area contributed by atoms with Crippen molar-refractivity contribution in [3.8, 4) is 17.6 Å². The van der Waals surface area contributed by atoms with Crippen LogP contribution in [0.5, 0.6) is 11.5 Å². The Bertz CT molecular complexity index is 1300. The number of rotatable bonds is 8. The van der Waals surface area contributed by atoms with Crippen LogP contribution < -0.4 is 9.47 Å². The van der Waals surface area contributed by atoms with E-state index >= 15 is 0 Å². The summed E-state index contributed by atoms with van der Waals surface area (Å²) in [6, 6.07) is 18.5. The van der Waals surface area contributed by atoms with Gasteiger partial charge >= 0.3 is 5.97 Å². The summed E-state index contributed by atoms with van der Waals surface area (Å²) < 4.78 is 50.9. The molecule has 3 rings (SSSR count). The zero-order valence-electron chi connectivity index (χ0n) is 18.0. The Hall–Kier alpha value is -3.74. The summed E-state index contributed by atoms with van der Waals surface area (Å²) in [6.07, 6.45) is 0. The number of sulfonamides is 1. The molecular weight excluding hydrogens is 447 g/mol. The molecule has 0 unspecified atom stereocenters. The molecule has 0 radical (unpaired) electrons. The van der Waals surface area contributed by atoms with Gasteiger partial charge in [0, 0.05) is 13.6 Å². The fraction of sp³-hybridized carbons (Fsp3) is 0.167. The molecule has 3 aromatic carbocycles. The number of nitrogens with zero attached hydrogens (tertiary/aromatic N) is 2. The SMILES string of the molecule is Cc1ccc(S(=O)(=O)N(C)Cc2ccc(OCC(=O)Oc3cccc(C#N)c3)cc2)cc1F. The maximum absolute atomic E-state index is 13.8. The quantitative estimate of drug-likeness (QED) is 0.368. The summed E-state index contributed by atoms with van der Waals surface area (Å²) in [6.45, 7) is 1.28. The van der Waals surface area contributed by atoms with Crippen LogP contribution in [0.1, 0.15) is 16.7 Å². The Kier molecular flexibility index (Phi) is 7.43. The lowest BCUT2D eigenvalue weighted by atomic mass is 10.2. The van der Waals surface area contributed by atoms with E-state index in [0.717, 1.165) is 10.4 Å². The Balaban J connectivity index is 1.56. The van der Waals surface area contributed by atoms with Gasteiger partial charge < -0.3 is 9.47 Å². The van der Waals surface area contributed by atoms with Crippen molar-refractivity contribution in [2.24, 2.45) is 0 Å². The Labute approximate surface area is 191 Å². The van der Waals surface area contributed by atoms with Gasteiger partial charge in [-0.2, -0.15) is 9.57 Å². The molecule has 0 aromatic heterocycles. The number of ether oxygens (including phenoxy) is 2. The first-order valence-electron chi connectivity index (χ1n) is 9.84. The molecule has 0 spiro atoms. The second-order valence-corrected chi connectivity index (χ2v) is 9.26. The van der Waals surface area contributed by atoms with Gasteiger partial charge in [-0.15, -0.1) is 0 Å². The summed E-state index contributed by atoms with van der Waals surface area (Å²) >= 11 is 0. The zero-order valence-corrected chi connectivity index (χ0v) is 18.8. The largest absolute Gasteiger partial charge is 0.482 e. The number of esters is 1. The smallest absolute Gasteiger partial charge is 0.349 e. The van der Waals surface area contributed by atoms with Gasteiger partial charge in [-0.25, -0.2) is 17.6 Å². The number of carbonyl (C=O) groups is 1. The van der Waals surface area contributed by atoms with Crippen molar-refractivity contribution in [3.05, 3.63) is 89.2 Å². The molecule has 3 aromatic rings. The maximum Gasteiger partial charge on any atom is 0.349 e. The maximum atomic E-state index is 13.8. The Morgan fingerprint density at radius 3 is 2.45 bits per heavy atom. The molecule has 0 saturated carbocycles. The number of hydrogen-bond donors (Lipinski definition) is 0. The zero-order chi connectivity index (χ0) is 24.0. The molecule has 0 aliphatic carbocycles. The van der Waals surface area contributed by atoms with E-state index in [2.05, 4.69) is 0 Å². The van der Waals surface area contributed by atoms with Crippen molar-refractivity contribution >= 4 is 16.0 Å².